The fourth-order valence-electron chi connectivity index (χ4n) is 1.71. The average Bonchev–Trinajstić information content (AvgIpc) is 2.98. The molecule has 4 nitrogen and oxygen atoms in total. The van der Waals surface area contributed by atoms with Crippen LogP contribution in [-0.2, 0) is 12.7 Å². The number of thiazole rings is 1. The van der Waals surface area contributed by atoms with Gasteiger partial charge in [0.2, 0.25) is 0 Å². The molecule has 0 radical (unpaired) electrons. The molecule has 0 spiro atoms. The van der Waals surface area contributed by atoms with Crippen LogP contribution in [0.25, 0.3) is 0 Å². The van der Waals surface area contributed by atoms with Crippen LogP contribution in [0.2, 0.25) is 0 Å². The van der Waals surface area contributed by atoms with E-state index in [9.17, 15) is 18.3 Å². The third kappa shape index (κ3) is 5.28. The summed E-state index contributed by atoms with van der Waals surface area (Å²) in [5.74, 6) is 0.0772. The minimum atomic E-state index is -4.41. The van der Waals surface area contributed by atoms with Crippen molar-refractivity contribution in [1.29, 1.82) is 0 Å². The Balaban J connectivity index is 1.75. The van der Waals surface area contributed by atoms with Gasteiger partial charge in [-0.25, -0.2) is 4.98 Å². The lowest BCUT2D eigenvalue weighted by Gasteiger charge is -2.14. The summed E-state index contributed by atoms with van der Waals surface area (Å²) in [6, 6.07) is 4.57. The Hall–Kier alpha value is -1.64. The molecular formula is C14H15F3N2O2S. The zero-order chi connectivity index (χ0) is 16.0. The second-order valence-corrected chi connectivity index (χ2v) is 5.32. The van der Waals surface area contributed by atoms with Crippen molar-refractivity contribution in [2.45, 2.75) is 18.8 Å². The fraction of sp³-hybridized carbons (Fsp3) is 0.357. The van der Waals surface area contributed by atoms with Gasteiger partial charge in [0.15, 0.2) is 0 Å². The van der Waals surface area contributed by atoms with Crippen LogP contribution in [0.1, 0.15) is 11.3 Å². The van der Waals surface area contributed by atoms with Gasteiger partial charge in [-0.3, -0.25) is 0 Å². The number of ether oxygens (including phenoxy) is 1. The third-order valence-electron chi connectivity index (χ3n) is 2.77. The van der Waals surface area contributed by atoms with Gasteiger partial charge in [-0.1, -0.05) is 6.07 Å². The van der Waals surface area contributed by atoms with E-state index in [4.69, 9.17) is 4.74 Å². The Morgan fingerprint density at radius 1 is 1.36 bits per heavy atom. The number of halogens is 3. The topological polar surface area (TPSA) is 54.4 Å². The van der Waals surface area contributed by atoms with E-state index in [1.807, 2.05) is 5.38 Å². The van der Waals surface area contributed by atoms with Crippen LogP contribution in [0.15, 0.2) is 35.2 Å². The van der Waals surface area contributed by atoms with Crippen molar-refractivity contribution in [3.8, 4) is 5.75 Å². The van der Waals surface area contributed by atoms with E-state index in [2.05, 4.69) is 10.3 Å². The summed E-state index contributed by atoms with van der Waals surface area (Å²) in [6.07, 6.45) is -5.24. The molecule has 1 unspecified atom stereocenters. The number of hydrogen-bond donors (Lipinski definition) is 2. The summed E-state index contributed by atoms with van der Waals surface area (Å²) < 4.78 is 42.8. The van der Waals surface area contributed by atoms with Gasteiger partial charge >= 0.3 is 6.18 Å². The molecule has 1 aromatic heterocycles. The Labute approximate surface area is 129 Å². The van der Waals surface area contributed by atoms with Crippen molar-refractivity contribution in [1.82, 2.24) is 10.3 Å². The first-order valence-electron chi connectivity index (χ1n) is 6.51. The van der Waals surface area contributed by atoms with E-state index in [0.717, 1.165) is 17.8 Å². The minimum absolute atomic E-state index is 0.0772. The monoisotopic (exact) mass is 332 g/mol. The number of hydrogen-bond acceptors (Lipinski definition) is 5. The molecule has 120 valence electrons. The maximum absolute atomic E-state index is 12.5. The molecule has 2 rings (SSSR count). The number of aliphatic hydroxyl groups is 1. The minimum Gasteiger partial charge on any atom is -0.491 e. The molecule has 1 aromatic carbocycles. The molecule has 0 aliphatic heterocycles. The van der Waals surface area contributed by atoms with Crippen molar-refractivity contribution in [3.63, 3.8) is 0 Å². The number of alkyl halides is 3. The Bertz CT molecular complexity index is 576. The lowest BCUT2D eigenvalue weighted by Crippen LogP contribution is -2.31. The smallest absolute Gasteiger partial charge is 0.416 e. The van der Waals surface area contributed by atoms with Gasteiger partial charge in [0, 0.05) is 18.5 Å². The number of rotatable bonds is 7. The summed E-state index contributed by atoms with van der Waals surface area (Å²) in [5, 5.41) is 14.6. The highest BCUT2D eigenvalue weighted by Crippen LogP contribution is 2.31. The van der Waals surface area contributed by atoms with Crippen molar-refractivity contribution in [2.24, 2.45) is 0 Å². The van der Waals surface area contributed by atoms with Gasteiger partial charge in [0.05, 0.1) is 16.8 Å². The maximum atomic E-state index is 12.5. The summed E-state index contributed by atoms with van der Waals surface area (Å²) in [7, 11) is 0. The Morgan fingerprint density at radius 3 is 2.86 bits per heavy atom. The molecule has 0 amide bonds. The van der Waals surface area contributed by atoms with Gasteiger partial charge in [-0.2, -0.15) is 13.2 Å². The van der Waals surface area contributed by atoms with Crippen molar-refractivity contribution >= 4 is 11.3 Å². The quantitative estimate of drug-likeness (QED) is 0.819. The van der Waals surface area contributed by atoms with Crippen LogP contribution in [0, 0.1) is 0 Å². The van der Waals surface area contributed by atoms with Gasteiger partial charge in [0.25, 0.3) is 0 Å². The lowest BCUT2D eigenvalue weighted by atomic mass is 10.2. The Kier molecular flexibility index (Phi) is 5.76. The molecule has 0 aliphatic rings. The predicted octanol–water partition coefficient (Wildman–Crippen LogP) is 2.69. The van der Waals surface area contributed by atoms with E-state index in [0.29, 0.717) is 6.54 Å². The third-order valence-corrected chi connectivity index (χ3v) is 3.41. The first-order valence-corrected chi connectivity index (χ1v) is 7.45. The molecule has 0 fully saturated rings. The fourth-order valence-corrected chi connectivity index (χ4v) is 2.26. The number of benzene rings is 1. The van der Waals surface area contributed by atoms with Gasteiger partial charge < -0.3 is 15.2 Å². The van der Waals surface area contributed by atoms with Crippen LogP contribution in [0.3, 0.4) is 0 Å². The summed E-state index contributed by atoms with van der Waals surface area (Å²) >= 11 is 1.48. The predicted molar refractivity (Wildman–Crippen MR) is 76.8 cm³/mol. The second-order valence-electron chi connectivity index (χ2n) is 4.60. The number of aliphatic hydroxyl groups excluding tert-OH is 1. The van der Waals surface area contributed by atoms with Crippen molar-refractivity contribution in [2.75, 3.05) is 13.2 Å². The maximum Gasteiger partial charge on any atom is 0.416 e. The molecule has 1 heterocycles. The highest BCUT2D eigenvalue weighted by molar-refractivity contribution is 7.07. The first-order chi connectivity index (χ1) is 10.4. The molecular weight excluding hydrogens is 317 g/mol. The average molecular weight is 332 g/mol. The summed E-state index contributed by atoms with van der Waals surface area (Å²) in [5.41, 5.74) is 1.81. The van der Waals surface area contributed by atoms with E-state index in [-0.39, 0.29) is 18.9 Å². The van der Waals surface area contributed by atoms with Gasteiger partial charge in [-0.05, 0) is 18.2 Å². The zero-order valence-corrected chi connectivity index (χ0v) is 12.3. The Morgan fingerprint density at radius 2 is 2.18 bits per heavy atom. The van der Waals surface area contributed by atoms with Gasteiger partial charge in [0.1, 0.15) is 18.5 Å². The molecule has 0 bridgehead atoms. The number of aromatic nitrogens is 1. The van der Waals surface area contributed by atoms with Crippen LogP contribution in [-0.4, -0.2) is 29.3 Å². The molecule has 0 saturated carbocycles. The summed E-state index contributed by atoms with van der Waals surface area (Å²) in [4.78, 5) is 4.08. The zero-order valence-electron chi connectivity index (χ0n) is 11.5. The molecule has 0 aliphatic carbocycles. The molecule has 1 atom stereocenters. The van der Waals surface area contributed by atoms with E-state index in [1.165, 1.54) is 23.5 Å². The lowest BCUT2D eigenvalue weighted by molar-refractivity contribution is -0.137. The molecule has 2 N–H and O–H groups in total. The molecule has 8 heteroatoms. The molecule has 0 saturated heterocycles. The van der Waals surface area contributed by atoms with Crippen LogP contribution in [0.5, 0.6) is 5.75 Å². The van der Waals surface area contributed by atoms with Crippen LogP contribution >= 0.6 is 11.3 Å². The number of nitrogens with one attached hydrogen (secondary N) is 1. The van der Waals surface area contributed by atoms with Crippen molar-refractivity contribution in [3.05, 3.63) is 46.4 Å². The molecule has 2 aromatic rings. The molecule has 22 heavy (non-hydrogen) atoms. The van der Waals surface area contributed by atoms with Gasteiger partial charge in [-0.15, -0.1) is 11.3 Å². The highest BCUT2D eigenvalue weighted by Gasteiger charge is 2.30. The first kappa shape index (κ1) is 16.7. The second kappa shape index (κ2) is 7.57. The van der Waals surface area contributed by atoms with E-state index < -0.39 is 17.8 Å². The standard InChI is InChI=1S/C14H15F3N2O2S/c15-14(16,17)10-2-1-3-13(4-10)21-7-12(20)6-18-5-11-8-22-9-19-11/h1-4,8-9,12,18,20H,5-7H2. The highest BCUT2D eigenvalue weighted by atomic mass is 32.1. The SMILES string of the molecule is OC(CNCc1cscn1)COc1cccc(C(F)(F)F)c1. The van der Waals surface area contributed by atoms with Crippen LogP contribution < -0.4 is 10.1 Å². The van der Waals surface area contributed by atoms with E-state index >= 15 is 0 Å². The number of nitrogens with zero attached hydrogens (tertiary/aromatic N) is 1. The van der Waals surface area contributed by atoms with Crippen LogP contribution in [0.4, 0.5) is 13.2 Å². The van der Waals surface area contributed by atoms with Crippen molar-refractivity contribution < 1.29 is 23.0 Å². The summed E-state index contributed by atoms with van der Waals surface area (Å²) in [6.45, 7) is 0.686. The largest absolute Gasteiger partial charge is 0.491 e. The normalized spacial score (nSPS) is 13.1. The van der Waals surface area contributed by atoms with E-state index in [1.54, 1.807) is 5.51 Å².